The van der Waals surface area contributed by atoms with Gasteiger partial charge >= 0.3 is 0 Å². The van der Waals surface area contributed by atoms with Crippen LogP contribution in [0.5, 0.6) is 0 Å². The first-order chi connectivity index (χ1) is 6.65. The highest BCUT2D eigenvalue weighted by Crippen LogP contribution is 2.22. The molecule has 1 rings (SSSR count). The molecule has 1 aromatic carbocycles. The molecule has 0 radical (unpaired) electrons. The molecule has 0 bridgehead atoms. The van der Waals surface area contributed by atoms with Crippen LogP contribution in [0.4, 0.5) is 0 Å². The van der Waals surface area contributed by atoms with Crippen LogP contribution in [0.2, 0.25) is 10.0 Å². The number of rotatable bonds is 3. The van der Waals surface area contributed by atoms with Gasteiger partial charge in [-0.25, -0.2) is 0 Å². The zero-order chi connectivity index (χ0) is 10.6. The van der Waals surface area contributed by atoms with Crippen LogP contribution in [0.15, 0.2) is 18.2 Å². The van der Waals surface area contributed by atoms with Crippen molar-refractivity contribution in [3.63, 3.8) is 0 Å². The number of hydrogen-bond donors (Lipinski definition) is 2. The molecule has 1 aromatic rings. The molecule has 0 saturated heterocycles. The minimum atomic E-state index is 0.0431. The molecular formula is C9H9Cl2NOS. The normalized spacial score (nSPS) is 9.93. The average Bonchev–Trinajstić information content (AvgIpc) is 2.18. The Balaban J connectivity index is 2.76. The fourth-order valence-electron chi connectivity index (χ4n) is 0.909. The van der Waals surface area contributed by atoms with E-state index in [1.807, 2.05) is 0 Å². The van der Waals surface area contributed by atoms with Gasteiger partial charge in [0, 0.05) is 12.1 Å². The molecule has 14 heavy (non-hydrogen) atoms. The lowest BCUT2D eigenvalue weighted by molar-refractivity contribution is 0.301. The number of benzene rings is 1. The Morgan fingerprint density at radius 3 is 2.64 bits per heavy atom. The molecule has 0 aliphatic rings. The third-order valence-electron chi connectivity index (χ3n) is 1.58. The summed E-state index contributed by atoms with van der Waals surface area (Å²) in [6.07, 6.45) is 0. The first-order valence-corrected chi connectivity index (χ1v) is 5.15. The van der Waals surface area contributed by atoms with E-state index in [0.29, 0.717) is 21.6 Å². The van der Waals surface area contributed by atoms with E-state index in [9.17, 15) is 0 Å². The molecule has 0 aromatic heterocycles. The van der Waals surface area contributed by atoms with Crippen molar-refractivity contribution in [1.82, 2.24) is 5.32 Å². The Bertz CT molecular complexity index is 344. The van der Waals surface area contributed by atoms with Crippen LogP contribution < -0.4 is 5.32 Å². The molecule has 0 atom stereocenters. The van der Waals surface area contributed by atoms with Gasteiger partial charge < -0.3 is 10.4 Å². The van der Waals surface area contributed by atoms with Crippen LogP contribution in [0, 0.1) is 0 Å². The van der Waals surface area contributed by atoms with E-state index in [1.165, 1.54) is 0 Å². The zero-order valence-electron chi connectivity index (χ0n) is 7.26. The van der Waals surface area contributed by atoms with Crippen LogP contribution >= 0.6 is 35.4 Å². The predicted octanol–water partition coefficient (Wildman–Crippen LogP) is 2.25. The zero-order valence-corrected chi connectivity index (χ0v) is 9.59. The van der Waals surface area contributed by atoms with Crippen LogP contribution in [-0.4, -0.2) is 23.2 Å². The van der Waals surface area contributed by atoms with E-state index in [0.717, 1.165) is 5.56 Å². The molecule has 0 heterocycles. The van der Waals surface area contributed by atoms with E-state index in [4.69, 9.17) is 40.5 Å². The van der Waals surface area contributed by atoms with E-state index in [1.54, 1.807) is 18.2 Å². The maximum absolute atomic E-state index is 8.59. The first-order valence-electron chi connectivity index (χ1n) is 3.99. The van der Waals surface area contributed by atoms with Crippen molar-refractivity contribution in [3.05, 3.63) is 33.8 Å². The van der Waals surface area contributed by atoms with Crippen molar-refractivity contribution >= 4 is 40.4 Å². The van der Waals surface area contributed by atoms with Gasteiger partial charge in [-0.3, -0.25) is 0 Å². The monoisotopic (exact) mass is 249 g/mol. The van der Waals surface area contributed by atoms with Crippen molar-refractivity contribution in [3.8, 4) is 0 Å². The molecule has 0 saturated carbocycles. The lowest BCUT2D eigenvalue weighted by atomic mass is 10.2. The molecule has 0 fully saturated rings. The molecule has 2 nitrogen and oxygen atoms in total. The molecule has 0 unspecified atom stereocenters. The highest BCUT2D eigenvalue weighted by Gasteiger charge is 2.03. The summed E-state index contributed by atoms with van der Waals surface area (Å²) in [5, 5.41) is 12.4. The fraction of sp³-hybridized carbons (Fsp3) is 0.222. The van der Waals surface area contributed by atoms with Gasteiger partial charge in [-0.1, -0.05) is 41.5 Å². The minimum absolute atomic E-state index is 0.0431. The predicted molar refractivity (Wildman–Crippen MR) is 63.3 cm³/mol. The lowest BCUT2D eigenvalue weighted by Gasteiger charge is -2.06. The summed E-state index contributed by atoms with van der Waals surface area (Å²) in [6, 6.07) is 5.16. The summed E-state index contributed by atoms with van der Waals surface area (Å²) in [6.45, 7) is 0.473. The number of thiocarbonyl (C=S) groups is 1. The summed E-state index contributed by atoms with van der Waals surface area (Å²) in [7, 11) is 0. The van der Waals surface area contributed by atoms with E-state index in [-0.39, 0.29) is 6.61 Å². The highest BCUT2D eigenvalue weighted by molar-refractivity contribution is 7.80. The Kier molecular flexibility index (Phi) is 4.62. The van der Waals surface area contributed by atoms with Gasteiger partial charge in [-0.15, -0.1) is 0 Å². The van der Waals surface area contributed by atoms with Gasteiger partial charge in [0.2, 0.25) is 0 Å². The Morgan fingerprint density at radius 2 is 2.07 bits per heavy atom. The minimum Gasteiger partial charge on any atom is -0.395 e. The second-order valence-corrected chi connectivity index (χ2v) is 3.83. The highest BCUT2D eigenvalue weighted by atomic mass is 35.5. The van der Waals surface area contributed by atoms with E-state index in [2.05, 4.69) is 5.32 Å². The van der Waals surface area contributed by atoms with Crippen LogP contribution in [0.3, 0.4) is 0 Å². The molecule has 5 heteroatoms. The molecule has 0 aliphatic carbocycles. The van der Waals surface area contributed by atoms with Gasteiger partial charge in [0.25, 0.3) is 0 Å². The first kappa shape index (κ1) is 11.7. The quantitative estimate of drug-likeness (QED) is 0.807. The topological polar surface area (TPSA) is 32.3 Å². The van der Waals surface area contributed by atoms with Gasteiger partial charge in [0.05, 0.1) is 16.7 Å². The van der Waals surface area contributed by atoms with Crippen molar-refractivity contribution in [2.24, 2.45) is 0 Å². The van der Waals surface area contributed by atoms with Crippen LogP contribution in [0.25, 0.3) is 0 Å². The van der Waals surface area contributed by atoms with Crippen molar-refractivity contribution in [2.75, 3.05) is 13.2 Å². The summed E-state index contributed by atoms with van der Waals surface area (Å²) in [5.41, 5.74) is 0.794. The fourth-order valence-corrected chi connectivity index (χ4v) is 1.44. The summed E-state index contributed by atoms with van der Waals surface area (Å²) < 4.78 is 0. The Labute approximate surface area is 97.8 Å². The van der Waals surface area contributed by atoms with Gasteiger partial charge in [0.15, 0.2) is 0 Å². The largest absolute Gasteiger partial charge is 0.395 e. The Morgan fingerprint density at radius 1 is 1.36 bits per heavy atom. The maximum Gasteiger partial charge on any atom is 0.106 e. The van der Waals surface area contributed by atoms with Crippen molar-refractivity contribution in [2.45, 2.75) is 0 Å². The van der Waals surface area contributed by atoms with Gasteiger partial charge in [-0.2, -0.15) is 0 Å². The third-order valence-corrected chi connectivity index (χ3v) is 2.70. The summed E-state index contributed by atoms with van der Waals surface area (Å²) in [5.74, 6) is 0. The SMILES string of the molecule is OCCNC(=S)c1ccc(Cl)c(Cl)c1. The summed E-state index contributed by atoms with van der Waals surface area (Å²) in [4.78, 5) is 0.553. The van der Waals surface area contributed by atoms with Gasteiger partial charge in [-0.05, 0) is 12.1 Å². The van der Waals surface area contributed by atoms with Crippen molar-refractivity contribution < 1.29 is 5.11 Å². The molecule has 76 valence electrons. The molecule has 0 amide bonds. The average molecular weight is 250 g/mol. The summed E-state index contributed by atoms with van der Waals surface area (Å²) >= 11 is 16.6. The van der Waals surface area contributed by atoms with Crippen LogP contribution in [-0.2, 0) is 0 Å². The number of aliphatic hydroxyl groups excluding tert-OH is 1. The lowest BCUT2D eigenvalue weighted by Crippen LogP contribution is -2.25. The van der Waals surface area contributed by atoms with E-state index >= 15 is 0 Å². The second-order valence-electron chi connectivity index (χ2n) is 2.61. The van der Waals surface area contributed by atoms with Crippen LogP contribution in [0.1, 0.15) is 5.56 Å². The smallest absolute Gasteiger partial charge is 0.106 e. The molecule has 2 N–H and O–H groups in total. The number of nitrogens with one attached hydrogen (secondary N) is 1. The number of halogens is 2. The number of hydrogen-bond acceptors (Lipinski definition) is 2. The standard InChI is InChI=1S/C9H9Cl2NOS/c10-7-2-1-6(5-8(7)11)9(14)12-3-4-13/h1-2,5,13H,3-4H2,(H,12,14). The number of aliphatic hydroxyl groups is 1. The second kappa shape index (κ2) is 5.51. The van der Waals surface area contributed by atoms with Crippen molar-refractivity contribution in [1.29, 1.82) is 0 Å². The molecular weight excluding hydrogens is 241 g/mol. The molecule has 0 spiro atoms. The third kappa shape index (κ3) is 3.10. The molecule has 0 aliphatic heterocycles. The van der Waals surface area contributed by atoms with E-state index < -0.39 is 0 Å². The Hall–Kier alpha value is -0.350. The van der Waals surface area contributed by atoms with Gasteiger partial charge in [0.1, 0.15) is 4.99 Å². The maximum atomic E-state index is 8.59.